The maximum Gasteiger partial charge on any atom is 0.338 e. The Hall–Kier alpha value is -1.84. The smallest absolute Gasteiger partial charge is 0.338 e. The molecular formula is C17H14Cl2O3. The normalized spacial score (nSPS) is 10.4. The first-order valence-corrected chi connectivity index (χ1v) is 7.36. The lowest BCUT2D eigenvalue weighted by Crippen LogP contribution is -2.15. The summed E-state index contributed by atoms with van der Waals surface area (Å²) in [6.45, 7) is 3.43. The van der Waals surface area contributed by atoms with E-state index in [9.17, 15) is 9.59 Å². The molecular weight excluding hydrogens is 323 g/mol. The Morgan fingerprint density at radius 1 is 1.00 bits per heavy atom. The zero-order valence-electron chi connectivity index (χ0n) is 12.2. The molecule has 0 saturated heterocycles. The number of carbonyl (C=O) groups excluding carboxylic acids is 2. The predicted octanol–water partition coefficient (Wildman–Crippen LogP) is 4.65. The van der Waals surface area contributed by atoms with Gasteiger partial charge in [-0.3, -0.25) is 4.79 Å². The van der Waals surface area contributed by atoms with Gasteiger partial charge in [-0.15, -0.1) is 0 Å². The molecule has 0 radical (unpaired) electrons. The molecule has 0 bridgehead atoms. The number of ether oxygens (including phenoxy) is 1. The van der Waals surface area contributed by atoms with E-state index in [1.807, 2.05) is 26.0 Å². The first kappa shape index (κ1) is 16.5. The van der Waals surface area contributed by atoms with Crippen molar-refractivity contribution < 1.29 is 14.3 Å². The van der Waals surface area contributed by atoms with Crippen molar-refractivity contribution in [2.45, 2.75) is 13.8 Å². The van der Waals surface area contributed by atoms with E-state index in [0.717, 1.165) is 11.1 Å². The largest absolute Gasteiger partial charge is 0.454 e. The van der Waals surface area contributed by atoms with Gasteiger partial charge in [0, 0.05) is 5.56 Å². The number of halogens is 2. The Labute approximate surface area is 138 Å². The molecule has 0 spiro atoms. The minimum Gasteiger partial charge on any atom is -0.454 e. The molecule has 3 nitrogen and oxygen atoms in total. The Kier molecular flexibility index (Phi) is 5.22. The summed E-state index contributed by atoms with van der Waals surface area (Å²) in [5.74, 6) is -0.855. The summed E-state index contributed by atoms with van der Waals surface area (Å²) in [6.07, 6.45) is 0. The van der Waals surface area contributed by atoms with E-state index in [0.29, 0.717) is 10.6 Å². The van der Waals surface area contributed by atoms with Crippen LogP contribution in [-0.4, -0.2) is 18.4 Å². The highest BCUT2D eigenvalue weighted by Gasteiger charge is 2.14. The van der Waals surface area contributed by atoms with E-state index >= 15 is 0 Å². The van der Waals surface area contributed by atoms with Crippen LogP contribution in [-0.2, 0) is 4.74 Å². The summed E-state index contributed by atoms with van der Waals surface area (Å²) in [5, 5.41) is 0.613. The van der Waals surface area contributed by atoms with Crippen LogP contribution < -0.4 is 0 Å². The van der Waals surface area contributed by atoms with Crippen LogP contribution in [0, 0.1) is 13.8 Å². The van der Waals surface area contributed by atoms with Gasteiger partial charge in [0.25, 0.3) is 0 Å². The van der Waals surface area contributed by atoms with Crippen LogP contribution in [0.3, 0.4) is 0 Å². The highest BCUT2D eigenvalue weighted by atomic mass is 35.5. The SMILES string of the molecule is Cc1ccc(C)c(C(=O)COC(=O)c2ccc(Cl)c(Cl)c2)c1. The van der Waals surface area contributed by atoms with E-state index in [1.54, 1.807) is 6.07 Å². The fraction of sp³-hybridized carbons (Fsp3) is 0.176. The lowest BCUT2D eigenvalue weighted by Gasteiger charge is -2.08. The highest BCUT2D eigenvalue weighted by molar-refractivity contribution is 6.42. The predicted molar refractivity (Wildman–Crippen MR) is 87.0 cm³/mol. The molecule has 2 aromatic carbocycles. The number of carbonyl (C=O) groups is 2. The summed E-state index contributed by atoms with van der Waals surface area (Å²) in [7, 11) is 0. The summed E-state index contributed by atoms with van der Waals surface area (Å²) < 4.78 is 5.04. The maximum absolute atomic E-state index is 12.2. The second kappa shape index (κ2) is 6.95. The molecule has 0 atom stereocenters. The third-order valence-electron chi connectivity index (χ3n) is 3.18. The van der Waals surface area contributed by atoms with Crippen molar-refractivity contribution >= 4 is 35.0 Å². The molecule has 0 heterocycles. The van der Waals surface area contributed by atoms with Gasteiger partial charge in [-0.25, -0.2) is 4.79 Å². The minimum atomic E-state index is -0.614. The molecule has 0 N–H and O–H groups in total. The minimum absolute atomic E-state index is 0.241. The van der Waals surface area contributed by atoms with Crippen molar-refractivity contribution in [1.82, 2.24) is 0 Å². The van der Waals surface area contributed by atoms with Crippen molar-refractivity contribution in [3.8, 4) is 0 Å². The average molecular weight is 337 g/mol. The van der Waals surface area contributed by atoms with Crippen LogP contribution >= 0.6 is 23.2 Å². The molecule has 2 rings (SSSR count). The monoisotopic (exact) mass is 336 g/mol. The average Bonchev–Trinajstić information content (AvgIpc) is 2.49. The van der Waals surface area contributed by atoms with Crippen LogP contribution in [0.2, 0.25) is 10.0 Å². The van der Waals surface area contributed by atoms with Gasteiger partial charge in [0.2, 0.25) is 5.78 Å². The zero-order valence-corrected chi connectivity index (χ0v) is 13.7. The molecule has 0 aliphatic carbocycles. The Morgan fingerprint density at radius 2 is 1.73 bits per heavy atom. The number of hydrogen-bond acceptors (Lipinski definition) is 3. The van der Waals surface area contributed by atoms with Crippen molar-refractivity contribution in [3.05, 3.63) is 68.7 Å². The maximum atomic E-state index is 12.2. The number of esters is 1. The Balaban J connectivity index is 2.05. The van der Waals surface area contributed by atoms with Crippen LogP contribution in [0.1, 0.15) is 31.8 Å². The van der Waals surface area contributed by atoms with Crippen LogP contribution in [0.15, 0.2) is 36.4 Å². The first-order valence-electron chi connectivity index (χ1n) is 6.61. The Bertz CT molecular complexity index is 739. The highest BCUT2D eigenvalue weighted by Crippen LogP contribution is 2.23. The molecule has 0 aromatic heterocycles. The van der Waals surface area contributed by atoms with Gasteiger partial charge >= 0.3 is 5.97 Å². The van der Waals surface area contributed by atoms with E-state index in [1.165, 1.54) is 18.2 Å². The van der Waals surface area contributed by atoms with E-state index in [2.05, 4.69) is 0 Å². The third-order valence-corrected chi connectivity index (χ3v) is 3.92. The Morgan fingerprint density at radius 3 is 2.41 bits per heavy atom. The van der Waals surface area contributed by atoms with Crippen LogP contribution in [0.25, 0.3) is 0 Å². The molecule has 0 aliphatic heterocycles. The molecule has 114 valence electrons. The zero-order chi connectivity index (χ0) is 16.3. The quantitative estimate of drug-likeness (QED) is 0.602. The van der Waals surface area contributed by atoms with Gasteiger partial charge in [0.15, 0.2) is 6.61 Å². The van der Waals surface area contributed by atoms with Crippen molar-refractivity contribution in [2.24, 2.45) is 0 Å². The number of benzene rings is 2. The topological polar surface area (TPSA) is 43.4 Å². The van der Waals surface area contributed by atoms with E-state index < -0.39 is 5.97 Å². The van der Waals surface area contributed by atoms with Gasteiger partial charge in [0.05, 0.1) is 15.6 Å². The molecule has 0 saturated carbocycles. The molecule has 2 aromatic rings. The van der Waals surface area contributed by atoms with Crippen LogP contribution in [0.5, 0.6) is 0 Å². The number of aryl methyl sites for hydroxylation is 2. The molecule has 0 fully saturated rings. The standard InChI is InChI=1S/C17H14Cl2O3/c1-10-3-4-11(2)13(7-10)16(20)9-22-17(21)12-5-6-14(18)15(19)8-12/h3-8H,9H2,1-2H3. The number of rotatable bonds is 4. The third kappa shape index (κ3) is 3.87. The van der Waals surface area contributed by atoms with Gasteiger partial charge in [-0.05, 0) is 43.7 Å². The summed E-state index contributed by atoms with van der Waals surface area (Å²) >= 11 is 11.6. The van der Waals surface area contributed by atoms with Crippen molar-refractivity contribution in [3.63, 3.8) is 0 Å². The molecule has 0 aliphatic rings. The molecule has 0 amide bonds. The van der Waals surface area contributed by atoms with Crippen molar-refractivity contribution in [1.29, 1.82) is 0 Å². The van der Waals surface area contributed by atoms with Gasteiger partial charge in [0.1, 0.15) is 0 Å². The molecule has 5 heteroatoms. The van der Waals surface area contributed by atoms with Gasteiger partial charge in [-0.2, -0.15) is 0 Å². The summed E-state index contributed by atoms with van der Waals surface area (Å²) in [4.78, 5) is 24.1. The summed E-state index contributed by atoms with van der Waals surface area (Å²) in [6, 6.07) is 9.99. The number of ketones is 1. The second-order valence-corrected chi connectivity index (χ2v) is 5.76. The fourth-order valence-corrected chi connectivity index (χ4v) is 2.25. The lowest BCUT2D eigenvalue weighted by molar-refractivity contribution is 0.0474. The number of hydrogen-bond donors (Lipinski definition) is 0. The molecule has 22 heavy (non-hydrogen) atoms. The lowest BCUT2D eigenvalue weighted by atomic mass is 10.0. The summed E-state index contributed by atoms with van der Waals surface area (Å²) in [5.41, 5.74) is 2.64. The van der Waals surface area contributed by atoms with E-state index in [-0.39, 0.29) is 23.0 Å². The second-order valence-electron chi connectivity index (χ2n) is 4.95. The van der Waals surface area contributed by atoms with Gasteiger partial charge in [-0.1, -0.05) is 40.9 Å². The molecule has 0 unspecified atom stereocenters. The first-order chi connectivity index (χ1) is 10.4. The van der Waals surface area contributed by atoms with Crippen molar-refractivity contribution in [2.75, 3.05) is 6.61 Å². The van der Waals surface area contributed by atoms with Crippen LogP contribution in [0.4, 0.5) is 0 Å². The van der Waals surface area contributed by atoms with Gasteiger partial charge < -0.3 is 4.74 Å². The number of Topliss-reactive ketones (excluding diaryl/α,β-unsaturated/α-hetero) is 1. The van der Waals surface area contributed by atoms with E-state index in [4.69, 9.17) is 27.9 Å². The fourth-order valence-electron chi connectivity index (χ4n) is 1.95.